The predicted octanol–water partition coefficient (Wildman–Crippen LogP) is 3.47. The van der Waals surface area contributed by atoms with Gasteiger partial charge < -0.3 is 4.74 Å². The molecule has 0 aromatic carbocycles. The van der Waals surface area contributed by atoms with Crippen LogP contribution >= 0.6 is 15.9 Å². The fourth-order valence-electron chi connectivity index (χ4n) is 1.61. The van der Waals surface area contributed by atoms with E-state index < -0.39 is 0 Å². The summed E-state index contributed by atoms with van der Waals surface area (Å²) in [5.74, 6) is 0. The lowest BCUT2D eigenvalue weighted by Gasteiger charge is -1.95. The monoisotopic (exact) mass is 255 g/mol. The Morgan fingerprint density at radius 1 is 1.50 bits per heavy atom. The van der Waals surface area contributed by atoms with Gasteiger partial charge in [0.25, 0.3) is 0 Å². The van der Waals surface area contributed by atoms with Crippen LogP contribution in [0.15, 0.2) is 22.8 Å². The molecule has 2 nitrogen and oxygen atoms in total. The fourth-order valence-corrected chi connectivity index (χ4v) is 1.97. The molecule has 0 radical (unpaired) electrons. The van der Waals surface area contributed by atoms with Crippen molar-refractivity contribution < 1.29 is 4.74 Å². The van der Waals surface area contributed by atoms with Crippen molar-refractivity contribution in [3.63, 3.8) is 0 Å². The first-order valence-electron chi connectivity index (χ1n) is 5.09. The fraction of sp³-hybridized carbons (Fsp3) is 0.545. The molecule has 1 fully saturated rings. The average molecular weight is 256 g/mol. The van der Waals surface area contributed by atoms with Crippen LogP contribution in [0.1, 0.15) is 38.0 Å². The van der Waals surface area contributed by atoms with Gasteiger partial charge in [0.05, 0.1) is 11.8 Å². The minimum Gasteiger partial charge on any atom is -0.363 e. The van der Waals surface area contributed by atoms with E-state index in [1.54, 1.807) is 0 Å². The number of unbranched alkanes of at least 4 members (excludes halogenated alkanes) is 1. The number of hydrogen-bond donors (Lipinski definition) is 0. The number of rotatable bonds is 4. The van der Waals surface area contributed by atoms with Crippen LogP contribution in [0, 0.1) is 0 Å². The molecule has 0 saturated carbocycles. The number of epoxide rings is 1. The summed E-state index contributed by atoms with van der Waals surface area (Å²) >= 11 is 3.36. The second-order valence-corrected chi connectivity index (χ2v) is 4.44. The third kappa shape index (κ3) is 2.34. The SMILES string of the molecule is CCCCC1OC1c1cccc(Br)n1. The second kappa shape index (κ2) is 4.41. The molecule has 3 heteroatoms. The molecule has 2 unspecified atom stereocenters. The number of halogens is 1. The Morgan fingerprint density at radius 3 is 3.07 bits per heavy atom. The summed E-state index contributed by atoms with van der Waals surface area (Å²) in [6.07, 6.45) is 4.30. The summed E-state index contributed by atoms with van der Waals surface area (Å²) < 4.78 is 6.47. The maximum atomic E-state index is 5.58. The lowest BCUT2D eigenvalue weighted by molar-refractivity contribution is 0.360. The van der Waals surface area contributed by atoms with Crippen molar-refractivity contribution >= 4 is 15.9 Å². The molecule has 14 heavy (non-hydrogen) atoms. The van der Waals surface area contributed by atoms with Crippen LogP contribution in [0.3, 0.4) is 0 Å². The molecule has 0 aliphatic carbocycles. The van der Waals surface area contributed by atoms with Crippen LogP contribution in [-0.2, 0) is 4.74 Å². The predicted molar refractivity (Wildman–Crippen MR) is 59.1 cm³/mol. The zero-order valence-electron chi connectivity index (χ0n) is 8.24. The van der Waals surface area contributed by atoms with E-state index in [4.69, 9.17) is 4.74 Å². The maximum Gasteiger partial charge on any atom is 0.126 e. The molecular weight excluding hydrogens is 242 g/mol. The largest absolute Gasteiger partial charge is 0.363 e. The summed E-state index contributed by atoms with van der Waals surface area (Å²) in [6.45, 7) is 2.20. The molecule has 76 valence electrons. The lowest BCUT2D eigenvalue weighted by Crippen LogP contribution is -1.92. The van der Waals surface area contributed by atoms with E-state index in [0.29, 0.717) is 6.10 Å². The molecular formula is C11H14BrNO. The maximum absolute atomic E-state index is 5.58. The van der Waals surface area contributed by atoms with E-state index in [2.05, 4.69) is 27.8 Å². The van der Waals surface area contributed by atoms with Crippen molar-refractivity contribution in [2.45, 2.75) is 38.4 Å². The molecule has 2 atom stereocenters. The molecule has 0 amide bonds. The summed E-state index contributed by atoms with van der Waals surface area (Å²) in [6, 6.07) is 5.97. The molecule has 1 aromatic heterocycles. The quantitative estimate of drug-likeness (QED) is 0.608. The Morgan fingerprint density at radius 2 is 2.36 bits per heavy atom. The van der Waals surface area contributed by atoms with Crippen molar-refractivity contribution in [1.29, 1.82) is 0 Å². The molecule has 2 rings (SSSR count). The first kappa shape index (κ1) is 10.1. The van der Waals surface area contributed by atoms with Crippen molar-refractivity contribution in [1.82, 2.24) is 4.98 Å². The number of ether oxygens (including phenoxy) is 1. The van der Waals surface area contributed by atoms with Crippen LogP contribution in [0.4, 0.5) is 0 Å². The van der Waals surface area contributed by atoms with E-state index in [1.807, 2.05) is 18.2 Å². The highest BCUT2D eigenvalue weighted by atomic mass is 79.9. The third-order valence-electron chi connectivity index (χ3n) is 2.45. The minimum absolute atomic E-state index is 0.249. The van der Waals surface area contributed by atoms with Gasteiger partial charge in [-0.05, 0) is 34.5 Å². The first-order chi connectivity index (χ1) is 6.81. The Labute approximate surface area is 92.8 Å². The van der Waals surface area contributed by atoms with Crippen LogP contribution in [-0.4, -0.2) is 11.1 Å². The molecule has 0 N–H and O–H groups in total. The van der Waals surface area contributed by atoms with E-state index >= 15 is 0 Å². The van der Waals surface area contributed by atoms with E-state index in [0.717, 1.165) is 16.7 Å². The van der Waals surface area contributed by atoms with Crippen LogP contribution in [0.25, 0.3) is 0 Å². The van der Waals surface area contributed by atoms with Gasteiger partial charge in [-0.1, -0.05) is 25.8 Å². The van der Waals surface area contributed by atoms with Gasteiger partial charge in [0, 0.05) is 0 Å². The average Bonchev–Trinajstić information content (AvgIpc) is 2.94. The smallest absolute Gasteiger partial charge is 0.126 e. The highest BCUT2D eigenvalue weighted by Gasteiger charge is 2.40. The number of hydrogen-bond acceptors (Lipinski definition) is 2. The van der Waals surface area contributed by atoms with Gasteiger partial charge in [0.1, 0.15) is 10.7 Å². The third-order valence-corrected chi connectivity index (χ3v) is 2.89. The number of aromatic nitrogens is 1. The molecule has 0 spiro atoms. The zero-order chi connectivity index (χ0) is 9.97. The van der Waals surface area contributed by atoms with Crippen molar-refractivity contribution in [3.05, 3.63) is 28.5 Å². The van der Waals surface area contributed by atoms with Gasteiger partial charge in [0.15, 0.2) is 0 Å². The van der Waals surface area contributed by atoms with Gasteiger partial charge in [0.2, 0.25) is 0 Å². The summed E-state index contributed by atoms with van der Waals surface area (Å²) in [5, 5.41) is 0. The van der Waals surface area contributed by atoms with Crippen molar-refractivity contribution in [2.24, 2.45) is 0 Å². The van der Waals surface area contributed by atoms with E-state index in [9.17, 15) is 0 Å². The standard InChI is InChI=1S/C11H14BrNO/c1-2-3-6-9-11(14-9)8-5-4-7-10(12)13-8/h4-5,7,9,11H,2-3,6H2,1H3. The molecule has 1 aromatic rings. The van der Waals surface area contributed by atoms with Gasteiger partial charge in [-0.15, -0.1) is 0 Å². The molecule has 1 aliphatic rings. The van der Waals surface area contributed by atoms with Crippen LogP contribution < -0.4 is 0 Å². The number of pyridine rings is 1. The van der Waals surface area contributed by atoms with Gasteiger partial charge in [-0.2, -0.15) is 0 Å². The Kier molecular flexibility index (Phi) is 3.19. The summed E-state index contributed by atoms with van der Waals surface area (Å²) in [7, 11) is 0. The molecule has 1 aliphatic heterocycles. The Hall–Kier alpha value is -0.410. The lowest BCUT2D eigenvalue weighted by atomic mass is 10.1. The Bertz CT molecular complexity index is 316. The second-order valence-electron chi connectivity index (χ2n) is 3.62. The highest BCUT2D eigenvalue weighted by Crippen LogP contribution is 2.40. The van der Waals surface area contributed by atoms with Gasteiger partial charge >= 0.3 is 0 Å². The van der Waals surface area contributed by atoms with Gasteiger partial charge in [-0.3, -0.25) is 0 Å². The van der Waals surface area contributed by atoms with E-state index in [-0.39, 0.29) is 6.10 Å². The van der Waals surface area contributed by atoms with E-state index in [1.165, 1.54) is 12.8 Å². The van der Waals surface area contributed by atoms with Crippen molar-refractivity contribution in [3.8, 4) is 0 Å². The van der Waals surface area contributed by atoms with Crippen LogP contribution in [0.2, 0.25) is 0 Å². The molecule has 2 heterocycles. The summed E-state index contributed by atoms with van der Waals surface area (Å²) in [4.78, 5) is 4.39. The van der Waals surface area contributed by atoms with Gasteiger partial charge in [-0.25, -0.2) is 4.98 Å². The normalized spacial score (nSPS) is 25.0. The van der Waals surface area contributed by atoms with Crippen molar-refractivity contribution in [2.75, 3.05) is 0 Å². The zero-order valence-corrected chi connectivity index (χ0v) is 9.83. The summed E-state index contributed by atoms with van der Waals surface area (Å²) in [5.41, 5.74) is 1.06. The minimum atomic E-state index is 0.249. The number of nitrogens with zero attached hydrogens (tertiary/aromatic N) is 1. The van der Waals surface area contributed by atoms with Crippen LogP contribution in [0.5, 0.6) is 0 Å². The highest BCUT2D eigenvalue weighted by molar-refractivity contribution is 9.10. The molecule has 1 saturated heterocycles. The first-order valence-corrected chi connectivity index (χ1v) is 5.88. The topological polar surface area (TPSA) is 25.4 Å². The molecule has 0 bridgehead atoms. The Balaban J connectivity index is 1.92.